The van der Waals surface area contributed by atoms with E-state index in [1.54, 1.807) is 14.2 Å². The molecular formula is C35H44BN2O6P. The Morgan fingerprint density at radius 3 is 1.91 bits per heavy atom. The summed E-state index contributed by atoms with van der Waals surface area (Å²) in [5.74, 6) is 1.50. The van der Waals surface area contributed by atoms with E-state index in [-0.39, 0.29) is 37.8 Å². The van der Waals surface area contributed by atoms with Gasteiger partial charge >= 0.3 is 0 Å². The Bertz CT molecular complexity index is 1300. The molecule has 0 bridgehead atoms. The molecule has 2 radical (unpaired) electrons. The quantitative estimate of drug-likeness (QED) is 0.0728. The normalized spacial score (nSPS) is 19.2. The monoisotopic (exact) mass is 630 g/mol. The van der Waals surface area contributed by atoms with Gasteiger partial charge in [0.1, 0.15) is 31.1 Å². The van der Waals surface area contributed by atoms with Gasteiger partial charge in [-0.15, -0.1) is 0 Å². The average Bonchev–Trinajstić information content (AvgIpc) is 3.40. The summed E-state index contributed by atoms with van der Waals surface area (Å²) in [6.45, 7) is 8.92. The van der Waals surface area contributed by atoms with Gasteiger partial charge in [-0.2, -0.15) is 5.26 Å². The maximum Gasteiger partial charge on any atom is 0.259 e. The second-order valence-corrected chi connectivity index (χ2v) is 12.9. The van der Waals surface area contributed by atoms with E-state index in [0.29, 0.717) is 6.42 Å². The van der Waals surface area contributed by atoms with E-state index in [2.05, 4.69) is 50.6 Å². The molecule has 45 heavy (non-hydrogen) atoms. The second-order valence-electron chi connectivity index (χ2n) is 11.5. The van der Waals surface area contributed by atoms with Crippen LogP contribution < -0.4 is 9.47 Å². The molecule has 0 aliphatic carbocycles. The molecule has 3 aromatic rings. The van der Waals surface area contributed by atoms with Crippen LogP contribution in [0.25, 0.3) is 0 Å². The molecule has 0 spiro atoms. The Balaban J connectivity index is 1.72. The number of rotatable bonds is 16. The van der Waals surface area contributed by atoms with Crippen LogP contribution in [-0.4, -0.2) is 70.2 Å². The van der Waals surface area contributed by atoms with Gasteiger partial charge in [0, 0.05) is 18.1 Å². The molecule has 1 aliphatic rings. The summed E-state index contributed by atoms with van der Waals surface area (Å²) in [7, 11) is 8.18. The first kappa shape index (κ1) is 34.9. The number of ether oxygens (including phenoxy) is 4. The fraction of sp³-hybridized carbons (Fsp3) is 0.457. The van der Waals surface area contributed by atoms with Crippen LogP contribution in [0.3, 0.4) is 0 Å². The summed E-state index contributed by atoms with van der Waals surface area (Å²) in [6, 6.07) is 28.0. The van der Waals surface area contributed by atoms with Crippen LogP contribution in [0.2, 0.25) is 0 Å². The lowest BCUT2D eigenvalue weighted by Crippen LogP contribution is -2.39. The Kier molecular flexibility index (Phi) is 12.8. The molecule has 1 saturated heterocycles. The average molecular weight is 631 g/mol. The van der Waals surface area contributed by atoms with Crippen molar-refractivity contribution in [1.29, 1.82) is 5.26 Å². The summed E-state index contributed by atoms with van der Waals surface area (Å²) in [4.78, 5) is 0. The molecule has 4 rings (SSSR count). The van der Waals surface area contributed by atoms with Gasteiger partial charge in [0.05, 0.1) is 46.0 Å². The fourth-order valence-corrected chi connectivity index (χ4v) is 7.46. The molecule has 8 nitrogen and oxygen atoms in total. The molecule has 1 heterocycles. The van der Waals surface area contributed by atoms with Gasteiger partial charge in [0.25, 0.3) is 8.53 Å². The van der Waals surface area contributed by atoms with Crippen molar-refractivity contribution in [3.05, 3.63) is 95.6 Å². The Labute approximate surface area is 270 Å². The van der Waals surface area contributed by atoms with Crippen molar-refractivity contribution in [3.8, 4) is 17.6 Å². The first-order valence-electron chi connectivity index (χ1n) is 15.4. The molecule has 1 aliphatic heterocycles. The first-order valence-corrected chi connectivity index (χ1v) is 16.5. The van der Waals surface area contributed by atoms with Crippen molar-refractivity contribution < 1.29 is 28.0 Å². The molecule has 0 aromatic heterocycles. The second kappa shape index (κ2) is 16.6. The molecule has 1 fully saturated rings. The summed E-state index contributed by atoms with van der Waals surface area (Å²) in [6.07, 6.45) is -0.0799. The Morgan fingerprint density at radius 2 is 1.42 bits per heavy atom. The maximum absolute atomic E-state index is 9.14. The zero-order valence-electron chi connectivity index (χ0n) is 27.1. The van der Waals surface area contributed by atoms with E-state index in [0.717, 1.165) is 28.2 Å². The third-order valence-corrected chi connectivity index (χ3v) is 9.91. The van der Waals surface area contributed by atoms with Crippen molar-refractivity contribution >= 4 is 16.4 Å². The van der Waals surface area contributed by atoms with Crippen LogP contribution in [0.4, 0.5) is 0 Å². The third kappa shape index (κ3) is 8.45. The van der Waals surface area contributed by atoms with Gasteiger partial charge in [-0.05, 0) is 75.1 Å². The molecule has 0 saturated carbocycles. The van der Waals surface area contributed by atoms with Gasteiger partial charge < -0.3 is 28.0 Å². The van der Waals surface area contributed by atoms with Crippen molar-refractivity contribution in [2.45, 2.75) is 76.4 Å². The smallest absolute Gasteiger partial charge is 0.259 e. The highest BCUT2D eigenvalue weighted by Gasteiger charge is 2.43. The standard InChI is InChI=1S/C35H44BN2O6P/c1-25(2)38(26(3)4)45(42-22-10-21-37)44-32-23-34(36)43-33(32)24-41-35(27-11-8-7-9-12-27,28-13-17-30(39-5)18-14-28)29-15-19-31(40-6)20-16-29/h7-9,11-20,25-26,32-34H,10,22-24H2,1-6H3/t32-,33-,34-,45?/m1/s1. The summed E-state index contributed by atoms with van der Waals surface area (Å²) in [5, 5.41) is 9.14. The number of nitriles is 1. The molecule has 0 amide bonds. The van der Waals surface area contributed by atoms with Gasteiger partial charge in [-0.1, -0.05) is 54.6 Å². The molecule has 0 N–H and O–H groups in total. The predicted molar refractivity (Wildman–Crippen MR) is 177 cm³/mol. The van der Waals surface area contributed by atoms with Crippen LogP contribution >= 0.6 is 8.53 Å². The Hall–Kier alpha value is -2.96. The molecule has 3 aromatic carbocycles. The molecule has 4 atom stereocenters. The minimum absolute atomic E-state index is 0.166. The topological polar surface area (TPSA) is 82.4 Å². The minimum atomic E-state index is -1.49. The number of hydrogen-bond acceptors (Lipinski definition) is 8. The zero-order valence-corrected chi connectivity index (χ0v) is 28.0. The molecular weight excluding hydrogens is 586 g/mol. The van der Waals surface area contributed by atoms with Crippen LogP contribution in [0, 0.1) is 11.3 Å². The summed E-state index contributed by atoms with van der Waals surface area (Å²) < 4.78 is 39.4. The lowest BCUT2D eigenvalue weighted by Gasteiger charge is -2.39. The largest absolute Gasteiger partial charge is 0.497 e. The van der Waals surface area contributed by atoms with Gasteiger partial charge in [-0.3, -0.25) is 0 Å². The number of nitrogens with zero attached hydrogens (tertiary/aromatic N) is 2. The van der Waals surface area contributed by atoms with Crippen molar-refractivity contribution in [2.75, 3.05) is 27.4 Å². The maximum atomic E-state index is 9.14. The SMILES string of the molecule is [B][C@H]1C[C@@H](OP(OCCC#N)N(C(C)C)C(C)C)[C@@H](COC(c2ccccc2)(c2ccc(OC)cc2)c2ccc(OC)cc2)O1. The minimum Gasteiger partial charge on any atom is -0.497 e. The number of benzene rings is 3. The van der Waals surface area contributed by atoms with E-state index in [1.807, 2.05) is 66.7 Å². The van der Waals surface area contributed by atoms with Crippen molar-refractivity contribution in [3.63, 3.8) is 0 Å². The number of hydrogen-bond donors (Lipinski definition) is 0. The van der Waals surface area contributed by atoms with Gasteiger partial charge in [0.2, 0.25) is 0 Å². The zero-order chi connectivity index (χ0) is 32.4. The number of methoxy groups -OCH3 is 2. The summed E-state index contributed by atoms with van der Waals surface area (Å²) >= 11 is 0. The van der Waals surface area contributed by atoms with Crippen LogP contribution in [0.1, 0.15) is 57.2 Å². The van der Waals surface area contributed by atoms with Crippen LogP contribution in [0.5, 0.6) is 11.5 Å². The highest BCUT2D eigenvalue weighted by molar-refractivity contribution is 7.44. The molecule has 1 unspecified atom stereocenters. The van der Waals surface area contributed by atoms with Crippen molar-refractivity contribution in [1.82, 2.24) is 4.67 Å². The summed E-state index contributed by atoms with van der Waals surface area (Å²) in [5.41, 5.74) is 1.80. The van der Waals surface area contributed by atoms with Crippen LogP contribution in [-0.2, 0) is 24.1 Å². The fourth-order valence-electron chi connectivity index (χ4n) is 5.70. The van der Waals surface area contributed by atoms with E-state index < -0.39 is 26.2 Å². The first-order chi connectivity index (χ1) is 21.7. The predicted octanol–water partition coefficient (Wildman–Crippen LogP) is 6.96. The van der Waals surface area contributed by atoms with E-state index in [4.69, 9.17) is 41.1 Å². The molecule has 238 valence electrons. The lowest BCUT2D eigenvalue weighted by atomic mass is 9.80. The van der Waals surface area contributed by atoms with E-state index in [1.165, 1.54) is 0 Å². The third-order valence-electron chi connectivity index (χ3n) is 7.75. The highest BCUT2D eigenvalue weighted by atomic mass is 31.2. The molecule has 10 heteroatoms. The van der Waals surface area contributed by atoms with E-state index >= 15 is 0 Å². The lowest BCUT2D eigenvalue weighted by molar-refractivity contribution is -0.0714. The van der Waals surface area contributed by atoms with Crippen molar-refractivity contribution in [2.24, 2.45) is 0 Å². The Morgan fingerprint density at radius 1 is 0.889 bits per heavy atom. The van der Waals surface area contributed by atoms with Gasteiger partial charge in [0.15, 0.2) is 0 Å². The van der Waals surface area contributed by atoms with Crippen LogP contribution in [0.15, 0.2) is 78.9 Å². The van der Waals surface area contributed by atoms with E-state index in [9.17, 15) is 0 Å². The van der Waals surface area contributed by atoms with Gasteiger partial charge in [-0.25, -0.2) is 4.67 Å². The highest BCUT2D eigenvalue weighted by Crippen LogP contribution is 2.49.